The predicted octanol–water partition coefficient (Wildman–Crippen LogP) is 1.25. The van der Waals surface area contributed by atoms with Crippen LogP contribution in [0.5, 0.6) is 0 Å². The molecule has 2 aliphatic heterocycles. The molecule has 1 spiro atoms. The topological polar surface area (TPSA) is 45.7 Å². The average molecular weight is 321 g/mol. The van der Waals surface area contributed by atoms with Crippen molar-refractivity contribution in [2.45, 2.75) is 23.9 Å². The Bertz CT molecular complexity index is 517. The van der Waals surface area contributed by atoms with E-state index < -0.39 is 0 Å². The third kappa shape index (κ3) is 3.62. The lowest BCUT2D eigenvalue weighted by Gasteiger charge is -2.47. The van der Waals surface area contributed by atoms with Crippen molar-refractivity contribution in [2.75, 3.05) is 39.5 Å². The number of hydrogen-bond acceptors (Lipinski definition) is 5. The quantitative estimate of drug-likeness (QED) is 0.817. The molecule has 1 aromatic heterocycles. The molecular weight excluding hydrogens is 298 g/mol. The van der Waals surface area contributed by atoms with Crippen molar-refractivity contribution >= 4 is 17.7 Å². The maximum atomic E-state index is 12.0. The van der Waals surface area contributed by atoms with Gasteiger partial charge >= 0.3 is 0 Å². The maximum Gasteiger partial charge on any atom is 0.236 e. The van der Waals surface area contributed by atoms with E-state index in [0.29, 0.717) is 13.2 Å². The highest BCUT2D eigenvalue weighted by molar-refractivity contribution is 8.01. The van der Waals surface area contributed by atoms with Crippen LogP contribution >= 0.6 is 11.8 Å². The Kier molecular flexibility index (Phi) is 4.70. The summed E-state index contributed by atoms with van der Waals surface area (Å²) in [5, 5.41) is 0. The number of ether oxygens (including phenoxy) is 1. The van der Waals surface area contributed by atoms with Gasteiger partial charge in [0.2, 0.25) is 5.91 Å². The van der Waals surface area contributed by atoms with Gasteiger partial charge in [0.1, 0.15) is 0 Å². The van der Waals surface area contributed by atoms with Gasteiger partial charge in [0.05, 0.1) is 24.0 Å². The van der Waals surface area contributed by atoms with Crippen molar-refractivity contribution in [3.05, 3.63) is 30.1 Å². The van der Waals surface area contributed by atoms with Crippen molar-refractivity contribution < 1.29 is 9.53 Å². The number of pyridine rings is 1. The second kappa shape index (κ2) is 6.56. The number of thioether (sulfide) groups is 1. The minimum absolute atomic E-state index is 0.232. The van der Waals surface area contributed by atoms with E-state index in [0.717, 1.165) is 30.8 Å². The summed E-state index contributed by atoms with van der Waals surface area (Å²) in [6.45, 7) is 2.87. The lowest BCUT2D eigenvalue weighted by molar-refractivity contribution is -0.137. The van der Waals surface area contributed by atoms with Crippen molar-refractivity contribution in [1.29, 1.82) is 0 Å². The van der Waals surface area contributed by atoms with Crippen molar-refractivity contribution in [1.82, 2.24) is 14.8 Å². The van der Waals surface area contributed by atoms with Gasteiger partial charge in [-0.1, -0.05) is 6.07 Å². The highest BCUT2D eigenvalue weighted by Gasteiger charge is 2.50. The molecule has 6 heteroatoms. The van der Waals surface area contributed by atoms with E-state index in [4.69, 9.17) is 4.74 Å². The molecule has 120 valence electrons. The van der Waals surface area contributed by atoms with E-state index in [1.54, 1.807) is 6.20 Å². The van der Waals surface area contributed by atoms with E-state index in [-0.39, 0.29) is 16.8 Å². The Hall–Kier alpha value is -1.11. The van der Waals surface area contributed by atoms with Crippen LogP contribution in [0.2, 0.25) is 0 Å². The summed E-state index contributed by atoms with van der Waals surface area (Å²) < 4.78 is 6.25. The highest BCUT2D eigenvalue weighted by atomic mass is 32.2. The molecule has 0 bridgehead atoms. The number of likely N-dealkylation sites (tertiary alicyclic amines) is 1. The molecular formula is C16H23N3O2S. The van der Waals surface area contributed by atoms with Gasteiger partial charge in [-0.2, -0.15) is 0 Å². The summed E-state index contributed by atoms with van der Waals surface area (Å²) in [5.74, 6) is 1.26. The molecule has 1 amide bonds. The molecule has 0 unspecified atom stereocenters. The first-order chi connectivity index (χ1) is 10.6. The van der Waals surface area contributed by atoms with Crippen LogP contribution in [0.3, 0.4) is 0 Å². The summed E-state index contributed by atoms with van der Waals surface area (Å²) in [4.78, 5) is 20.0. The van der Waals surface area contributed by atoms with Gasteiger partial charge in [-0.3, -0.25) is 9.78 Å². The predicted molar refractivity (Wildman–Crippen MR) is 87.8 cm³/mol. The highest BCUT2D eigenvalue weighted by Crippen LogP contribution is 2.46. The summed E-state index contributed by atoms with van der Waals surface area (Å²) in [7, 11) is 3.86. The van der Waals surface area contributed by atoms with E-state index in [1.165, 1.54) is 0 Å². The van der Waals surface area contributed by atoms with Crippen molar-refractivity contribution in [3.8, 4) is 0 Å². The molecule has 0 aromatic carbocycles. The summed E-state index contributed by atoms with van der Waals surface area (Å²) in [6.07, 6.45) is 4.96. The molecule has 0 aliphatic carbocycles. The van der Waals surface area contributed by atoms with Crippen LogP contribution in [-0.2, 0) is 16.1 Å². The molecule has 0 radical (unpaired) electrons. The second-order valence-corrected chi connectivity index (χ2v) is 7.97. The van der Waals surface area contributed by atoms with Crippen LogP contribution in [0.4, 0.5) is 0 Å². The Morgan fingerprint density at radius 3 is 3.05 bits per heavy atom. The summed E-state index contributed by atoms with van der Waals surface area (Å²) >= 11 is 1.97. The third-order valence-corrected chi connectivity index (χ3v) is 5.72. The van der Waals surface area contributed by atoms with Crippen LogP contribution in [0, 0.1) is 0 Å². The van der Waals surface area contributed by atoms with Crippen molar-refractivity contribution in [2.24, 2.45) is 0 Å². The Morgan fingerprint density at radius 2 is 2.36 bits per heavy atom. The minimum atomic E-state index is 0.232. The number of nitrogens with zero attached hydrogens (tertiary/aromatic N) is 3. The first kappa shape index (κ1) is 15.8. The zero-order valence-electron chi connectivity index (χ0n) is 13.2. The van der Waals surface area contributed by atoms with Crippen LogP contribution in [0.25, 0.3) is 0 Å². The fraction of sp³-hybridized carbons (Fsp3) is 0.625. The normalized spacial score (nSPS) is 23.0. The van der Waals surface area contributed by atoms with Crippen LogP contribution in [-0.4, -0.2) is 71.0 Å². The standard InChI is InChI=1S/C16H23N3O2S/c1-18(2)8-15(20)19-11-16(12-19)6-14(10-22-16)21-9-13-4-3-5-17-7-13/h3-5,7,14H,6,8-12H2,1-2H3/t14-/m0/s1. The van der Waals surface area contributed by atoms with Gasteiger partial charge in [-0.15, -0.1) is 11.8 Å². The van der Waals surface area contributed by atoms with E-state index >= 15 is 0 Å². The number of carbonyl (C=O) groups excluding carboxylic acids is 1. The second-order valence-electron chi connectivity index (χ2n) is 6.48. The van der Waals surface area contributed by atoms with E-state index in [1.807, 2.05) is 54.0 Å². The van der Waals surface area contributed by atoms with Crippen LogP contribution in [0.1, 0.15) is 12.0 Å². The molecule has 2 aliphatic rings. The fourth-order valence-electron chi connectivity index (χ4n) is 3.02. The molecule has 3 heterocycles. The van der Waals surface area contributed by atoms with Gasteiger partial charge in [-0.05, 0) is 32.1 Å². The largest absolute Gasteiger partial charge is 0.373 e. The first-order valence-electron chi connectivity index (χ1n) is 7.63. The lowest BCUT2D eigenvalue weighted by Crippen LogP contribution is -2.62. The van der Waals surface area contributed by atoms with Gasteiger partial charge in [0.15, 0.2) is 0 Å². The lowest BCUT2D eigenvalue weighted by atomic mass is 9.93. The molecule has 3 rings (SSSR count). The number of amides is 1. The molecule has 1 atom stereocenters. The van der Waals surface area contributed by atoms with Gasteiger partial charge in [0.25, 0.3) is 0 Å². The zero-order valence-corrected chi connectivity index (χ0v) is 14.0. The van der Waals surface area contributed by atoms with Gasteiger partial charge in [-0.25, -0.2) is 0 Å². The SMILES string of the molecule is CN(C)CC(=O)N1CC2(C[C@H](OCc3cccnc3)CS2)C1. The molecule has 2 saturated heterocycles. The number of aromatic nitrogens is 1. The Balaban J connectivity index is 1.43. The maximum absolute atomic E-state index is 12.0. The first-order valence-corrected chi connectivity index (χ1v) is 8.62. The van der Waals surface area contributed by atoms with E-state index in [9.17, 15) is 4.79 Å². The van der Waals surface area contributed by atoms with Gasteiger partial charge < -0.3 is 14.5 Å². The Morgan fingerprint density at radius 1 is 1.55 bits per heavy atom. The van der Waals surface area contributed by atoms with Gasteiger partial charge in [0, 0.05) is 31.2 Å². The van der Waals surface area contributed by atoms with Crippen LogP contribution in [0.15, 0.2) is 24.5 Å². The number of hydrogen-bond donors (Lipinski definition) is 0. The monoisotopic (exact) mass is 321 g/mol. The van der Waals surface area contributed by atoms with Crippen molar-refractivity contribution in [3.63, 3.8) is 0 Å². The summed E-state index contributed by atoms with van der Waals surface area (Å²) in [5.41, 5.74) is 1.12. The molecule has 0 N–H and O–H groups in total. The number of carbonyl (C=O) groups is 1. The third-order valence-electron chi connectivity index (χ3n) is 4.15. The molecule has 5 nitrogen and oxygen atoms in total. The number of rotatable bonds is 5. The average Bonchev–Trinajstić information content (AvgIpc) is 2.88. The molecule has 22 heavy (non-hydrogen) atoms. The fourth-order valence-corrected chi connectivity index (χ4v) is 4.58. The zero-order chi connectivity index (χ0) is 15.6. The minimum Gasteiger partial charge on any atom is -0.373 e. The molecule has 0 saturated carbocycles. The molecule has 1 aromatic rings. The summed E-state index contributed by atoms with van der Waals surface area (Å²) in [6, 6.07) is 3.97. The molecule has 2 fully saturated rings. The number of likely N-dealkylation sites (N-methyl/N-ethyl adjacent to an activating group) is 1. The van der Waals surface area contributed by atoms with E-state index in [2.05, 4.69) is 4.98 Å². The Labute approximate surface area is 136 Å². The van der Waals surface area contributed by atoms with Crippen LogP contribution < -0.4 is 0 Å². The smallest absolute Gasteiger partial charge is 0.236 e.